The Kier molecular flexibility index (Phi) is 4.25. The van der Waals surface area contributed by atoms with Crippen LogP contribution in [-0.2, 0) is 15.4 Å². The molecule has 28 heavy (non-hydrogen) atoms. The molecule has 0 amide bonds. The number of rotatable bonds is 1. The molecule has 0 fully saturated rings. The molecule has 3 aromatic carbocycles. The van der Waals surface area contributed by atoms with Gasteiger partial charge in [-0.1, -0.05) is 96.1 Å². The lowest BCUT2D eigenvalue weighted by atomic mass is 9.85. The predicted octanol–water partition coefficient (Wildman–Crippen LogP) is 5.90. The quantitative estimate of drug-likeness (QED) is 0.371. The largest absolute Gasteiger partial charge is 0.309 e. The first-order chi connectivity index (χ1) is 13.0. The second-order valence-corrected chi connectivity index (χ2v) is 12.6. The molecule has 0 saturated carbocycles. The van der Waals surface area contributed by atoms with Gasteiger partial charge in [0.1, 0.15) is 0 Å². The molecule has 0 saturated heterocycles. The summed E-state index contributed by atoms with van der Waals surface area (Å²) in [6.45, 7) is 13.3. The van der Waals surface area contributed by atoms with Gasteiger partial charge >= 0.3 is 0 Å². The minimum atomic E-state index is -2.90. The third-order valence-electron chi connectivity index (χ3n) is 5.82. The van der Waals surface area contributed by atoms with Crippen molar-refractivity contribution in [2.75, 3.05) is 0 Å². The van der Waals surface area contributed by atoms with Crippen LogP contribution in [0.25, 0.3) is 11.1 Å². The zero-order valence-corrected chi connectivity index (χ0v) is 18.6. The zero-order valence-electron chi connectivity index (χ0n) is 17.7. The van der Waals surface area contributed by atoms with E-state index in [0.717, 1.165) is 27.0 Å². The zero-order chi connectivity index (χ0) is 20.3. The molecular weight excluding hydrogens is 359 g/mol. The van der Waals surface area contributed by atoms with Crippen LogP contribution in [0.4, 0.5) is 0 Å². The van der Waals surface area contributed by atoms with E-state index >= 15 is 0 Å². The molecular formula is C26H29OP. The molecule has 1 aliphatic heterocycles. The molecule has 144 valence electrons. The van der Waals surface area contributed by atoms with Crippen LogP contribution in [0.1, 0.15) is 52.7 Å². The summed E-state index contributed by atoms with van der Waals surface area (Å²) < 4.78 is 14.8. The average molecular weight is 388 g/mol. The topological polar surface area (TPSA) is 17.1 Å². The fourth-order valence-corrected chi connectivity index (χ4v) is 7.14. The predicted molar refractivity (Wildman–Crippen MR) is 122 cm³/mol. The molecule has 0 atom stereocenters. The molecule has 2 heteroatoms. The first kappa shape index (κ1) is 19.2. The van der Waals surface area contributed by atoms with Crippen molar-refractivity contribution in [3.8, 4) is 11.1 Å². The Morgan fingerprint density at radius 1 is 0.607 bits per heavy atom. The van der Waals surface area contributed by atoms with Crippen molar-refractivity contribution in [3.05, 3.63) is 77.9 Å². The van der Waals surface area contributed by atoms with Crippen LogP contribution in [0.2, 0.25) is 0 Å². The molecule has 4 rings (SSSR count). The summed E-state index contributed by atoms with van der Waals surface area (Å²) in [6, 6.07) is 23.1. The highest BCUT2D eigenvalue weighted by Gasteiger charge is 2.41. The maximum Gasteiger partial charge on any atom is 0.172 e. The van der Waals surface area contributed by atoms with Crippen molar-refractivity contribution in [1.29, 1.82) is 0 Å². The average Bonchev–Trinajstić information content (AvgIpc) is 2.90. The Bertz CT molecular complexity index is 1030. The lowest BCUT2D eigenvalue weighted by molar-refractivity contribution is 0.588. The van der Waals surface area contributed by atoms with Gasteiger partial charge in [-0.05, 0) is 45.2 Å². The summed E-state index contributed by atoms with van der Waals surface area (Å²) in [5.74, 6) is 0. The van der Waals surface area contributed by atoms with Crippen LogP contribution in [-0.4, -0.2) is 0 Å². The van der Waals surface area contributed by atoms with E-state index in [9.17, 15) is 4.57 Å². The summed E-state index contributed by atoms with van der Waals surface area (Å²) in [4.78, 5) is 0. The van der Waals surface area contributed by atoms with Gasteiger partial charge in [0.2, 0.25) is 0 Å². The maximum atomic E-state index is 14.8. The van der Waals surface area contributed by atoms with Crippen molar-refractivity contribution in [3.63, 3.8) is 0 Å². The summed E-state index contributed by atoms with van der Waals surface area (Å²) in [6.07, 6.45) is 0. The molecule has 1 heterocycles. The first-order valence-electron chi connectivity index (χ1n) is 9.99. The van der Waals surface area contributed by atoms with Gasteiger partial charge in [-0.2, -0.15) is 0 Å². The van der Waals surface area contributed by atoms with Crippen molar-refractivity contribution in [2.24, 2.45) is 0 Å². The fraction of sp³-hybridized carbons (Fsp3) is 0.308. The van der Waals surface area contributed by atoms with Gasteiger partial charge in [0.25, 0.3) is 0 Å². The Morgan fingerprint density at radius 3 is 1.43 bits per heavy atom. The monoisotopic (exact) mass is 388 g/mol. The second kappa shape index (κ2) is 6.19. The molecule has 1 nitrogen and oxygen atoms in total. The number of hydrogen-bond acceptors (Lipinski definition) is 1. The highest BCUT2D eigenvalue weighted by atomic mass is 31.2. The maximum absolute atomic E-state index is 14.8. The van der Waals surface area contributed by atoms with E-state index < -0.39 is 7.14 Å². The molecule has 0 bridgehead atoms. The van der Waals surface area contributed by atoms with E-state index in [0.29, 0.717) is 0 Å². The Morgan fingerprint density at radius 2 is 1.04 bits per heavy atom. The van der Waals surface area contributed by atoms with Gasteiger partial charge in [0.15, 0.2) is 7.14 Å². The lowest BCUT2D eigenvalue weighted by Crippen LogP contribution is -2.23. The lowest BCUT2D eigenvalue weighted by Gasteiger charge is -2.23. The van der Waals surface area contributed by atoms with E-state index in [1.807, 2.05) is 30.3 Å². The minimum absolute atomic E-state index is 0.0158. The van der Waals surface area contributed by atoms with E-state index in [2.05, 4.69) is 77.9 Å². The Hall–Kier alpha value is -2.11. The summed E-state index contributed by atoms with van der Waals surface area (Å²) in [7, 11) is -2.90. The summed E-state index contributed by atoms with van der Waals surface area (Å²) in [5.41, 5.74) is 4.73. The first-order valence-corrected chi connectivity index (χ1v) is 11.7. The van der Waals surface area contributed by atoms with Crippen LogP contribution in [0.5, 0.6) is 0 Å². The van der Waals surface area contributed by atoms with Gasteiger partial charge in [-0.25, -0.2) is 0 Å². The van der Waals surface area contributed by atoms with Crippen molar-refractivity contribution in [2.45, 2.75) is 52.4 Å². The number of fused-ring (bicyclic) bond motifs is 3. The molecule has 0 N–H and O–H groups in total. The van der Waals surface area contributed by atoms with Gasteiger partial charge in [-0.15, -0.1) is 0 Å². The Labute approximate surface area is 169 Å². The molecule has 1 aliphatic rings. The molecule has 0 aromatic heterocycles. The van der Waals surface area contributed by atoms with Crippen molar-refractivity contribution >= 4 is 23.1 Å². The van der Waals surface area contributed by atoms with Gasteiger partial charge < -0.3 is 4.57 Å². The summed E-state index contributed by atoms with van der Waals surface area (Å²) >= 11 is 0. The van der Waals surface area contributed by atoms with E-state index in [1.54, 1.807) is 0 Å². The number of benzene rings is 3. The van der Waals surface area contributed by atoms with Gasteiger partial charge in [0, 0.05) is 15.9 Å². The molecule has 0 radical (unpaired) electrons. The normalized spacial score (nSPS) is 15.2. The van der Waals surface area contributed by atoms with E-state index in [4.69, 9.17) is 0 Å². The van der Waals surface area contributed by atoms with Crippen LogP contribution in [0, 0.1) is 0 Å². The smallest absolute Gasteiger partial charge is 0.172 e. The molecule has 0 spiro atoms. The highest BCUT2D eigenvalue weighted by Crippen LogP contribution is 2.53. The second-order valence-electron chi connectivity index (χ2n) is 9.91. The minimum Gasteiger partial charge on any atom is -0.309 e. The molecule has 0 unspecified atom stereocenters. The van der Waals surface area contributed by atoms with E-state index in [1.165, 1.54) is 11.1 Å². The van der Waals surface area contributed by atoms with Crippen LogP contribution < -0.4 is 15.9 Å². The Balaban J connectivity index is 2.06. The number of hydrogen-bond donors (Lipinski definition) is 0. The SMILES string of the molecule is CC(C)(C)c1ccc2c(c1)P(=O)(c1ccccc1)c1cc(C(C)(C)C)ccc1-2. The standard InChI is InChI=1S/C26H29OP/c1-25(2,3)18-12-14-21-22-15-13-19(26(4,5)6)17-24(22)28(27,23(21)16-18)20-10-8-7-9-11-20/h7-17H,1-6H3. The van der Waals surface area contributed by atoms with Crippen molar-refractivity contribution in [1.82, 2.24) is 0 Å². The summed E-state index contributed by atoms with van der Waals surface area (Å²) in [5, 5.41) is 2.91. The highest BCUT2D eigenvalue weighted by molar-refractivity contribution is 7.86. The third-order valence-corrected chi connectivity index (χ3v) is 8.94. The van der Waals surface area contributed by atoms with Crippen LogP contribution in [0.3, 0.4) is 0 Å². The van der Waals surface area contributed by atoms with Crippen molar-refractivity contribution < 1.29 is 4.57 Å². The van der Waals surface area contributed by atoms with Crippen LogP contribution >= 0.6 is 7.14 Å². The van der Waals surface area contributed by atoms with Crippen LogP contribution in [0.15, 0.2) is 66.7 Å². The third kappa shape index (κ3) is 2.88. The van der Waals surface area contributed by atoms with Gasteiger partial charge in [0.05, 0.1) is 0 Å². The molecule has 0 aliphatic carbocycles. The molecule has 3 aromatic rings. The van der Waals surface area contributed by atoms with Gasteiger partial charge in [-0.3, -0.25) is 0 Å². The fourth-order valence-electron chi connectivity index (χ4n) is 4.02. The van der Waals surface area contributed by atoms with E-state index in [-0.39, 0.29) is 10.8 Å².